The molecule has 30 heavy (non-hydrogen) atoms. The number of carbonyl (C=O) groups is 3. The number of amides is 1. The summed E-state index contributed by atoms with van der Waals surface area (Å²) in [7, 11) is 0. The fourth-order valence-electron chi connectivity index (χ4n) is 2.47. The first kappa shape index (κ1) is 23.4. The Labute approximate surface area is 182 Å². The molecule has 2 aromatic rings. The maximum atomic E-state index is 12.5. The van der Waals surface area contributed by atoms with Gasteiger partial charge in [-0.15, -0.1) is 0 Å². The first-order chi connectivity index (χ1) is 14.3. The summed E-state index contributed by atoms with van der Waals surface area (Å²) in [6.45, 7) is -0.452. The lowest BCUT2D eigenvalue weighted by Crippen LogP contribution is -2.42. The SMILES string of the molecule is CSCCC(NC(=O)c1ccc([N+](=O)[O-])cc1Cl)C(=O)OCC(=O)c1ccccc1. The number of nitrogens with one attached hydrogen (secondary N) is 1. The number of benzene rings is 2. The van der Waals surface area contributed by atoms with Crippen molar-refractivity contribution in [1.82, 2.24) is 5.32 Å². The Morgan fingerprint density at radius 2 is 1.90 bits per heavy atom. The molecule has 1 amide bonds. The number of ether oxygens (including phenoxy) is 1. The molecule has 2 rings (SSSR count). The van der Waals surface area contributed by atoms with Gasteiger partial charge in [-0.05, 0) is 24.5 Å². The summed E-state index contributed by atoms with van der Waals surface area (Å²) in [5.74, 6) is -1.23. The van der Waals surface area contributed by atoms with Gasteiger partial charge in [-0.2, -0.15) is 11.8 Å². The molecule has 10 heteroatoms. The number of nitro benzene ring substituents is 1. The number of hydrogen-bond acceptors (Lipinski definition) is 7. The van der Waals surface area contributed by atoms with Gasteiger partial charge in [-0.25, -0.2) is 4.79 Å². The molecule has 0 heterocycles. The van der Waals surface area contributed by atoms with Crippen LogP contribution in [0.1, 0.15) is 27.1 Å². The standard InChI is InChI=1S/C20H19ClN2O6S/c1-30-10-9-17(20(26)29-12-18(24)13-5-3-2-4-6-13)22-19(25)15-8-7-14(23(27)28)11-16(15)21/h2-8,11,17H,9-10,12H2,1H3,(H,22,25). The average molecular weight is 451 g/mol. The van der Waals surface area contributed by atoms with Crippen LogP contribution in [0.25, 0.3) is 0 Å². The van der Waals surface area contributed by atoms with Gasteiger partial charge < -0.3 is 10.1 Å². The monoisotopic (exact) mass is 450 g/mol. The van der Waals surface area contributed by atoms with E-state index in [1.54, 1.807) is 30.3 Å². The highest BCUT2D eigenvalue weighted by atomic mass is 35.5. The Morgan fingerprint density at radius 3 is 2.50 bits per heavy atom. The quantitative estimate of drug-likeness (QED) is 0.255. The van der Waals surface area contributed by atoms with Crippen LogP contribution in [-0.4, -0.2) is 47.2 Å². The summed E-state index contributed by atoms with van der Waals surface area (Å²) in [4.78, 5) is 47.3. The number of carbonyl (C=O) groups excluding carboxylic acids is 3. The lowest BCUT2D eigenvalue weighted by molar-refractivity contribution is -0.384. The van der Waals surface area contributed by atoms with Gasteiger partial charge in [-0.1, -0.05) is 41.9 Å². The highest BCUT2D eigenvalue weighted by Gasteiger charge is 2.25. The molecule has 0 radical (unpaired) electrons. The minimum Gasteiger partial charge on any atom is -0.456 e. The molecule has 0 aliphatic carbocycles. The van der Waals surface area contributed by atoms with Crippen molar-refractivity contribution in [3.8, 4) is 0 Å². The molecule has 158 valence electrons. The second kappa shape index (κ2) is 11.3. The Morgan fingerprint density at radius 1 is 1.20 bits per heavy atom. The number of nitrogens with zero attached hydrogens (tertiary/aromatic N) is 1. The van der Waals surface area contributed by atoms with Gasteiger partial charge in [0, 0.05) is 17.7 Å². The number of rotatable bonds is 10. The third-order valence-corrected chi connectivity index (χ3v) is 5.01. The van der Waals surface area contributed by atoms with Crippen molar-refractivity contribution in [2.75, 3.05) is 18.6 Å². The van der Waals surface area contributed by atoms with Crippen molar-refractivity contribution in [2.24, 2.45) is 0 Å². The number of hydrogen-bond donors (Lipinski definition) is 1. The van der Waals surface area contributed by atoms with Gasteiger partial charge >= 0.3 is 5.97 Å². The number of nitro groups is 1. The average Bonchev–Trinajstić information content (AvgIpc) is 2.74. The van der Waals surface area contributed by atoms with Crippen LogP contribution in [0.2, 0.25) is 5.02 Å². The summed E-state index contributed by atoms with van der Waals surface area (Å²) in [6, 6.07) is 10.8. The normalized spacial score (nSPS) is 11.4. The van der Waals surface area contributed by atoms with E-state index in [-0.39, 0.29) is 28.5 Å². The van der Waals surface area contributed by atoms with Crippen molar-refractivity contribution in [3.05, 3.63) is 74.8 Å². The van der Waals surface area contributed by atoms with E-state index < -0.39 is 29.4 Å². The maximum absolute atomic E-state index is 12.5. The summed E-state index contributed by atoms with van der Waals surface area (Å²) in [6.07, 6.45) is 2.12. The largest absolute Gasteiger partial charge is 0.456 e. The molecule has 0 aliphatic heterocycles. The number of halogens is 1. The van der Waals surface area contributed by atoms with Gasteiger partial charge in [0.15, 0.2) is 12.4 Å². The molecule has 0 spiro atoms. The molecular formula is C20H19ClN2O6S. The van der Waals surface area contributed by atoms with Gasteiger partial charge in [-0.3, -0.25) is 19.7 Å². The summed E-state index contributed by atoms with van der Waals surface area (Å²) in [5, 5.41) is 13.2. The first-order valence-corrected chi connectivity index (χ1v) is 10.6. The van der Waals surface area contributed by atoms with E-state index in [0.29, 0.717) is 11.3 Å². The van der Waals surface area contributed by atoms with E-state index >= 15 is 0 Å². The fourth-order valence-corrected chi connectivity index (χ4v) is 3.20. The molecule has 8 nitrogen and oxygen atoms in total. The van der Waals surface area contributed by atoms with Crippen molar-refractivity contribution >= 4 is 46.7 Å². The third-order valence-electron chi connectivity index (χ3n) is 4.05. The van der Waals surface area contributed by atoms with E-state index in [9.17, 15) is 24.5 Å². The summed E-state index contributed by atoms with van der Waals surface area (Å²) in [5.41, 5.74) is 0.145. The van der Waals surface area contributed by atoms with Crippen molar-refractivity contribution < 1.29 is 24.0 Å². The lowest BCUT2D eigenvalue weighted by atomic mass is 10.1. The molecule has 2 aromatic carbocycles. The van der Waals surface area contributed by atoms with E-state index in [1.807, 2.05) is 6.26 Å². The van der Waals surface area contributed by atoms with Crippen molar-refractivity contribution in [3.63, 3.8) is 0 Å². The van der Waals surface area contributed by atoms with E-state index in [0.717, 1.165) is 12.1 Å². The van der Waals surface area contributed by atoms with Crippen LogP contribution in [0.4, 0.5) is 5.69 Å². The molecule has 1 atom stereocenters. The zero-order valence-electron chi connectivity index (χ0n) is 16.0. The Balaban J connectivity index is 2.05. The predicted molar refractivity (Wildman–Crippen MR) is 114 cm³/mol. The van der Waals surface area contributed by atoms with E-state index in [2.05, 4.69) is 5.32 Å². The van der Waals surface area contributed by atoms with Crippen LogP contribution in [-0.2, 0) is 9.53 Å². The molecule has 0 aliphatic rings. The van der Waals surface area contributed by atoms with Crippen molar-refractivity contribution in [1.29, 1.82) is 0 Å². The van der Waals surface area contributed by atoms with Crippen molar-refractivity contribution in [2.45, 2.75) is 12.5 Å². The van der Waals surface area contributed by atoms with Gasteiger partial charge in [0.05, 0.1) is 15.5 Å². The molecule has 1 N–H and O–H groups in total. The molecular weight excluding hydrogens is 432 g/mol. The molecule has 0 aromatic heterocycles. The van der Waals surface area contributed by atoms with E-state index in [1.165, 1.54) is 17.8 Å². The van der Waals surface area contributed by atoms with Crippen LogP contribution < -0.4 is 5.32 Å². The highest BCUT2D eigenvalue weighted by Crippen LogP contribution is 2.22. The summed E-state index contributed by atoms with van der Waals surface area (Å²) >= 11 is 7.45. The predicted octanol–water partition coefficient (Wildman–Crippen LogP) is 3.53. The second-order valence-electron chi connectivity index (χ2n) is 6.13. The molecule has 0 saturated carbocycles. The van der Waals surface area contributed by atoms with E-state index in [4.69, 9.17) is 16.3 Å². The van der Waals surface area contributed by atoms with Gasteiger partial charge in [0.1, 0.15) is 6.04 Å². The molecule has 0 saturated heterocycles. The third kappa shape index (κ3) is 6.57. The Hall–Kier alpha value is -2.91. The molecule has 0 bridgehead atoms. The highest BCUT2D eigenvalue weighted by molar-refractivity contribution is 7.98. The molecule has 1 unspecified atom stereocenters. The number of Topliss-reactive ketones (excluding diaryl/α,β-unsaturated/α-hetero) is 1. The van der Waals surface area contributed by atoms with Crippen LogP contribution in [0, 0.1) is 10.1 Å². The van der Waals surface area contributed by atoms with Crippen LogP contribution >= 0.6 is 23.4 Å². The van der Waals surface area contributed by atoms with Crippen LogP contribution in [0.3, 0.4) is 0 Å². The number of esters is 1. The topological polar surface area (TPSA) is 116 Å². The fraction of sp³-hybridized carbons (Fsp3) is 0.250. The second-order valence-corrected chi connectivity index (χ2v) is 7.52. The Kier molecular flexibility index (Phi) is 8.82. The van der Waals surface area contributed by atoms with Crippen LogP contribution in [0.5, 0.6) is 0 Å². The number of ketones is 1. The lowest BCUT2D eigenvalue weighted by Gasteiger charge is -2.17. The zero-order valence-corrected chi connectivity index (χ0v) is 17.6. The smallest absolute Gasteiger partial charge is 0.329 e. The summed E-state index contributed by atoms with van der Waals surface area (Å²) < 4.78 is 5.10. The minimum absolute atomic E-state index is 0.00965. The van der Waals surface area contributed by atoms with Gasteiger partial charge in [0.2, 0.25) is 0 Å². The first-order valence-electron chi connectivity index (χ1n) is 8.82. The number of non-ortho nitro benzene ring substituents is 1. The Bertz CT molecular complexity index is 938. The number of thioether (sulfide) groups is 1. The maximum Gasteiger partial charge on any atom is 0.329 e. The zero-order chi connectivity index (χ0) is 22.1. The van der Waals surface area contributed by atoms with Gasteiger partial charge in [0.25, 0.3) is 11.6 Å². The molecule has 0 fully saturated rings. The minimum atomic E-state index is -1.00. The van der Waals surface area contributed by atoms with Crippen LogP contribution in [0.15, 0.2) is 48.5 Å².